The van der Waals surface area contributed by atoms with Crippen molar-refractivity contribution in [3.05, 3.63) is 82.9 Å². The molecule has 0 aliphatic carbocycles. The van der Waals surface area contributed by atoms with Gasteiger partial charge in [-0.3, -0.25) is 9.59 Å². The van der Waals surface area contributed by atoms with Crippen LogP contribution in [0.1, 0.15) is 27.0 Å². The fourth-order valence-electron chi connectivity index (χ4n) is 3.19. The monoisotopic (exact) mass is 491 g/mol. The summed E-state index contributed by atoms with van der Waals surface area (Å²) in [4.78, 5) is 24.4. The number of carbonyl (C=O) groups excluding carboxylic acids is 2. The van der Waals surface area contributed by atoms with E-state index in [9.17, 15) is 9.59 Å². The number of hydrazone groups is 1. The molecule has 188 valence electrons. The summed E-state index contributed by atoms with van der Waals surface area (Å²) in [6.45, 7) is 2.20. The first-order valence-electron chi connectivity index (χ1n) is 11.1. The second kappa shape index (κ2) is 12.8. The summed E-state index contributed by atoms with van der Waals surface area (Å²) < 4.78 is 21.6. The molecule has 36 heavy (non-hydrogen) atoms. The van der Waals surface area contributed by atoms with Gasteiger partial charge in [-0.1, -0.05) is 29.8 Å². The molecule has 0 saturated heterocycles. The second-order valence-corrected chi connectivity index (χ2v) is 7.73. The number of methoxy groups -OCH3 is 3. The van der Waals surface area contributed by atoms with Crippen molar-refractivity contribution in [1.29, 1.82) is 0 Å². The summed E-state index contributed by atoms with van der Waals surface area (Å²) in [6.07, 6.45) is 1.47. The van der Waals surface area contributed by atoms with Gasteiger partial charge in [0.05, 0.1) is 34.1 Å². The van der Waals surface area contributed by atoms with Gasteiger partial charge in [0, 0.05) is 5.56 Å². The van der Waals surface area contributed by atoms with Gasteiger partial charge >= 0.3 is 0 Å². The maximum atomic E-state index is 12.3. The maximum Gasteiger partial charge on any atom is 0.259 e. The van der Waals surface area contributed by atoms with Crippen LogP contribution >= 0.6 is 0 Å². The number of aryl methyl sites for hydroxylation is 1. The Hall–Kier alpha value is -4.53. The zero-order valence-corrected chi connectivity index (χ0v) is 20.7. The zero-order valence-electron chi connectivity index (χ0n) is 20.7. The average molecular weight is 492 g/mol. The van der Waals surface area contributed by atoms with Gasteiger partial charge in [-0.2, -0.15) is 5.10 Å². The predicted octanol–water partition coefficient (Wildman–Crippen LogP) is 3.48. The van der Waals surface area contributed by atoms with Gasteiger partial charge in [0.2, 0.25) is 0 Å². The summed E-state index contributed by atoms with van der Waals surface area (Å²) in [5.41, 5.74) is 5.65. The number of ether oxygens (including phenoxy) is 4. The highest BCUT2D eigenvalue weighted by Crippen LogP contribution is 2.29. The minimum atomic E-state index is -0.481. The summed E-state index contributed by atoms with van der Waals surface area (Å²) >= 11 is 0. The summed E-state index contributed by atoms with van der Waals surface area (Å²) in [5.74, 6) is 1.15. The van der Waals surface area contributed by atoms with Crippen LogP contribution in [0.25, 0.3) is 0 Å². The van der Waals surface area contributed by atoms with Crippen LogP contribution < -0.4 is 29.7 Å². The number of benzene rings is 3. The van der Waals surface area contributed by atoms with E-state index in [1.165, 1.54) is 32.1 Å². The van der Waals surface area contributed by atoms with Crippen LogP contribution in [0.4, 0.5) is 0 Å². The lowest BCUT2D eigenvalue weighted by molar-refractivity contribution is -0.120. The molecule has 0 aliphatic rings. The van der Waals surface area contributed by atoms with Crippen LogP contribution in [0.5, 0.6) is 23.0 Å². The summed E-state index contributed by atoms with van der Waals surface area (Å²) in [7, 11) is 4.54. The minimum absolute atomic E-state index is 0.250. The highest BCUT2D eigenvalue weighted by Gasteiger charge is 2.12. The van der Waals surface area contributed by atoms with E-state index in [-0.39, 0.29) is 6.54 Å². The number of carbonyl (C=O) groups is 2. The van der Waals surface area contributed by atoms with Crippen LogP contribution in [0.3, 0.4) is 0 Å². The largest absolute Gasteiger partial charge is 0.493 e. The quantitative estimate of drug-likeness (QED) is 0.314. The lowest BCUT2D eigenvalue weighted by atomic mass is 10.2. The zero-order chi connectivity index (χ0) is 25.9. The van der Waals surface area contributed by atoms with E-state index in [0.29, 0.717) is 40.7 Å². The van der Waals surface area contributed by atoms with Gasteiger partial charge in [0.15, 0.2) is 23.0 Å². The Morgan fingerprint density at radius 2 is 1.50 bits per heavy atom. The van der Waals surface area contributed by atoms with Gasteiger partial charge in [-0.25, -0.2) is 5.43 Å². The molecule has 0 aliphatic heterocycles. The lowest BCUT2D eigenvalue weighted by Crippen LogP contribution is -2.34. The molecule has 0 bridgehead atoms. The fourth-order valence-corrected chi connectivity index (χ4v) is 3.19. The normalized spacial score (nSPS) is 10.6. The van der Waals surface area contributed by atoms with Crippen LogP contribution in [-0.2, 0) is 11.4 Å². The molecule has 2 amide bonds. The predicted molar refractivity (Wildman–Crippen MR) is 136 cm³/mol. The highest BCUT2D eigenvalue weighted by molar-refractivity contribution is 5.97. The summed E-state index contributed by atoms with van der Waals surface area (Å²) in [6, 6.07) is 18.1. The van der Waals surface area contributed by atoms with Crippen LogP contribution in [-0.4, -0.2) is 45.9 Å². The Balaban J connectivity index is 1.50. The third-order valence-corrected chi connectivity index (χ3v) is 5.16. The van der Waals surface area contributed by atoms with E-state index in [1.807, 2.05) is 31.2 Å². The molecule has 0 fully saturated rings. The first-order chi connectivity index (χ1) is 17.4. The van der Waals surface area contributed by atoms with E-state index in [0.717, 1.165) is 5.56 Å². The van der Waals surface area contributed by atoms with Crippen molar-refractivity contribution in [2.45, 2.75) is 13.5 Å². The number of nitrogens with zero attached hydrogens (tertiary/aromatic N) is 1. The van der Waals surface area contributed by atoms with Gasteiger partial charge in [-0.15, -0.1) is 0 Å². The minimum Gasteiger partial charge on any atom is -0.493 e. The molecule has 9 nitrogen and oxygen atoms in total. The van der Waals surface area contributed by atoms with Crippen LogP contribution in [0.15, 0.2) is 65.8 Å². The first-order valence-corrected chi connectivity index (χ1v) is 11.1. The van der Waals surface area contributed by atoms with Gasteiger partial charge in [0.1, 0.15) is 6.61 Å². The van der Waals surface area contributed by atoms with Crippen molar-refractivity contribution >= 4 is 18.0 Å². The molecule has 0 unspecified atom stereocenters. The Kier molecular flexibility index (Phi) is 9.27. The van der Waals surface area contributed by atoms with Crippen molar-refractivity contribution in [1.82, 2.24) is 10.7 Å². The van der Waals surface area contributed by atoms with E-state index in [2.05, 4.69) is 15.8 Å². The van der Waals surface area contributed by atoms with Gasteiger partial charge in [0.25, 0.3) is 11.8 Å². The Bertz CT molecular complexity index is 1220. The van der Waals surface area contributed by atoms with Crippen molar-refractivity contribution in [3.63, 3.8) is 0 Å². The molecule has 0 radical (unpaired) electrons. The number of hydrogen-bond donors (Lipinski definition) is 2. The topological polar surface area (TPSA) is 107 Å². The van der Waals surface area contributed by atoms with Crippen LogP contribution in [0, 0.1) is 6.92 Å². The van der Waals surface area contributed by atoms with Gasteiger partial charge in [-0.05, 0) is 54.4 Å². The number of hydrogen-bond acceptors (Lipinski definition) is 7. The second-order valence-electron chi connectivity index (χ2n) is 7.73. The molecule has 0 spiro atoms. The lowest BCUT2D eigenvalue weighted by Gasteiger charge is -2.11. The maximum absolute atomic E-state index is 12.3. The van der Waals surface area contributed by atoms with Gasteiger partial charge < -0.3 is 24.3 Å². The molecule has 0 aromatic heterocycles. The third kappa shape index (κ3) is 7.23. The van der Waals surface area contributed by atoms with E-state index in [1.54, 1.807) is 37.4 Å². The van der Waals surface area contributed by atoms with Crippen molar-refractivity contribution in [3.8, 4) is 23.0 Å². The number of nitrogens with one attached hydrogen (secondary N) is 2. The average Bonchev–Trinajstić information content (AvgIpc) is 2.91. The molecule has 0 atom stereocenters. The SMILES string of the molecule is COc1ccc(C(=O)NCC(=O)NN=Cc2ccc(OCc3ccc(C)cc3)c(OC)c2)cc1OC. The van der Waals surface area contributed by atoms with E-state index < -0.39 is 11.8 Å². The Labute approximate surface area is 210 Å². The van der Waals surface area contributed by atoms with Crippen LogP contribution in [0.2, 0.25) is 0 Å². The number of amides is 2. The van der Waals surface area contributed by atoms with E-state index in [4.69, 9.17) is 18.9 Å². The third-order valence-electron chi connectivity index (χ3n) is 5.16. The smallest absolute Gasteiger partial charge is 0.259 e. The van der Waals surface area contributed by atoms with E-state index >= 15 is 0 Å². The molecule has 3 aromatic rings. The van der Waals surface area contributed by atoms with Crippen molar-refractivity contribution in [2.24, 2.45) is 5.10 Å². The molecule has 3 aromatic carbocycles. The molecular weight excluding hydrogens is 462 g/mol. The standard InChI is InChI=1S/C27H29N3O6/c1-18-5-7-19(8-6-18)17-36-23-11-9-20(13-24(23)34-3)15-29-30-26(31)16-28-27(32)21-10-12-22(33-2)25(14-21)35-4/h5-15H,16-17H2,1-4H3,(H,28,32)(H,30,31). The fraction of sp³-hybridized carbons (Fsp3) is 0.222. The first kappa shape index (κ1) is 26.1. The molecule has 2 N–H and O–H groups in total. The highest BCUT2D eigenvalue weighted by atomic mass is 16.5. The molecular formula is C27H29N3O6. The molecule has 0 heterocycles. The molecule has 9 heteroatoms. The summed E-state index contributed by atoms with van der Waals surface area (Å²) in [5, 5.41) is 6.48. The number of rotatable bonds is 11. The Morgan fingerprint density at radius 1 is 0.833 bits per heavy atom. The van der Waals surface area contributed by atoms with Crippen molar-refractivity contribution in [2.75, 3.05) is 27.9 Å². The van der Waals surface area contributed by atoms with Crippen molar-refractivity contribution < 1.29 is 28.5 Å². The molecule has 0 saturated carbocycles. The molecule has 3 rings (SSSR count). The Morgan fingerprint density at radius 3 is 2.19 bits per heavy atom.